The summed E-state index contributed by atoms with van der Waals surface area (Å²) in [5.41, 5.74) is 1.22. The number of nitro benzene ring substituents is 2. The Morgan fingerprint density at radius 1 is 0.919 bits per heavy atom. The van der Waals surface area contributed by atoms with Crippen LogP contribution in [0, 0.1) is 20.2 Å². The Labute approximate surface area is 208 Å². The highest BCUT2D eigenvalue weighted by atomic mass is 16.6. The Morgan fingerprint density at radius 2 is 1.62 bits per heavy atom. The monoisotopic (exact) mass is 505 g/mol. The molecule has 0 atom stereocenters. The molecule has 0 aromatic heterocycles. The van der Waals surface area contributed by atoms with E-state index in [0.29, 0.717) is 0 Å². The number of phenolic OH excluding ortho intramolecular Hbond substituents is 2. The van der Waals surface area contributed by atoms with E-state index >= 15 is 0 Å². The van der Waals surface area contributed by atoms with Gasteiger partial charge in [0.25, 0.3) is 17.5 Å². The Hall–Kier alpha value is -5.59. The lowest BCUT2D eigenvalue weighted by Crippen LogP contribution is -2.33. The molecule has 2 amide bonds. The Balaban J connectivity index is 1.94. The number of benzene rings is 3. The molecule has 4 N–H and O–H groups in total. The predicted octanol–water partition coefficient (Wildman–Crippen LogP) is 3.23. The van der Waals surface area contributed by atoms with Crippen LogP contribution in [-0.4, -0.2) is 37.6 Å². The first-order chi connectivity index (χ1) is 17.6. The molecule has 37 heavy (non-hydrogen) atoms. The first-order valence-electron chi connectivity index (χ1n) is 10.4. The van der Waals surface area contributed by atoms with Crippen LogP contribution in [0.4, 0.5) is 11.4 Å². The van der Waals surface area contributed by atoms with Crippen molar-refractivity contribution in [1.82, 2.24) is 10.7 Å². The van der Waals surface area contributed by atoms with E-state index in [1.54, 1.807) is 18.2 Å². The summed E-state index contributed by atoms with van der Waals surface area (Å²) in [6, 6.07) is 15.0. The molecular weight excluding hydrogens is 486 g/mol. The summed E-state index contributed by atoms with van der Waals surface area (Å²) in [4.78, 5) is 46.3. The second kappa shape index (κ2) is 11.2. The van der Waals surface area contributed by atoms with Gasteiger partial charge in [0.15, 0.2) is 5.75 Å². The fourth-order valence-electron chi connectivity index (χ4n) is 3.09. The number of nitro groups is 2. The first-order valence-corrected chi connectivity index (χ1v) is 10.4. The minimum absolute atomic E-state index is 0.0574. The number of hydrogen-bond acceptors (Lipinski definition) is 9. The van der Waals surface area contributed by atoms with E-state index in [-0.39, 0.29) is 33.8 Å². The maximum absolute atomic E-state index is 12.9. The third-order valence-electron chi connectivity index (χ3n) is 4.93. The Bertz CT molecular complexity index is 1450. The molecule has 0 spiro atoms. The standard InChI is InChI=1S/C24H19N5O8/c1-14(18-12-20(29(36)37)22(31)13-21(18)30)26-27-24(33)19(25-23(32)16-7-3-2-4-8-16)11-15-6-5-9-17(10-15)28(34)35/h2-13,30-31H,1H3,(H,25,32)(H,27,33). The third kappa shape index (κ3) is 6.51. The molecular formula is C24H19N5O8. The number of rotatable bonds is 8. The van der Waals surface area contributed by atoms with Crippen LogP contribution in [-0.2, 0) is 4.79 Å². The van der Waals surface area contributed by atoms with Crippen molar-refractivity contribution in [3.05, 3.63) is 109 Å². The Kier molecular flexibility index (Phi) is 7.89. The average molecular weight is 505 g/mol. The quantitative estimate of drug-likeness (QED) is 0.155. The number of non-ortho nitro benzene ring substituents is 1. The summed E-state index contributed by atoms with van der Waals surface area (Å²) in [6.07, 6.45) is 1.21. The molecule has 0 radical (unpaired) electrons. The topological polar surface area (TPSA) is 197 Å². The highest BCUT2D eigenvalue weighted by molar-refractivity contribution is 6.07. The van der Waals surface area contributed by atoms with Gasteiger partial charge in [0.05, 0.1) is 15.6 Å². The molecule has 0 heterocycles. The normalized spacial score (nSPS) is 11.5. The number of hydrazone groups is 1. The number of nitrogens with zero attached hydrogens (tertiary/aromatic N) is 3. The molecule has 3 rings (SSSR count). The van der Waals surface area contributed by atoms with Gasteiger partial charge in [-0.25, -0.2) is 5.43 Å². The van der Waals surface area contributed by atoms with Gasteiger partial charge in [0.2, 0.25) is 0 Å². The zero-order chi connectivity index (χ0) is 27.1. The molecule has 188 valence electrons. The molecule has 13 heteroatoms. The van der Waals surface area contributed by atoms with Crippen molar-refractivity contribution in [1.29, 1.82) is 0 Å². The lowest BCUT2D eigenvalue weighted by atomic mass is 10.1. The fraction of sp³-hybridized carbons (Fsp3) is 0.0417. The van der Waals surface area contributed by atoms with Gasteiger partial charge in [-0.2, -0.15) is 5.10 Å². The summed E-state index contributed by atoms with van der Waals surface area (Å²) >= 11 is 0. The summed E-state index contributed by atoms with van der Waals surface area (Å²) in [5, 5.41) is 48.1. The van der Waals surface area contributed by atoms with Crippen LogP contribution in [0.2, 0.25) is 0 Å². The van der Waals surface area contributed by atoms with Crippen LogP contribution in [0.1, 0.15) is 28.4 Å². The predicted molar refractivity (Wildman–Crippen MR) is 132 cm³/mol. The van der Waals surface area contributed by atoms with Crippen LogP contribution in [0.5, 0.6) is 11.5 Å². The molecule has 0 aliphatic rings. The van der Waals surface area contributed by atoms with E-state index in [9.17, 15) is 40.0 Å². The van der Waals surface area contributed by atoms with Crippen molar-refractivity contribution >= 4 is 35.0 Å². The zero-order valence-corrected chi connectivity index (χ0v) is 19.1. The van der Waals surface area contributed by atoms with E-state index < -0.39 is 38.8 Å². The van der Waals surface area contributed by atoms with Crippen molar-refractivity contribution in [2.75, 3.05) is 0 Å². The smallest absolute Gasteiger partial charge is 0.311 e. The molecule has 0 saturated heterocycles. The maximum atomic E-state index is 12.9. The molecule has 0 unspecified atom stereocenters. The van der Waals surface area contributed by atoms with Crippen LogP contribution >= 0.6 is 0 Å². The van der Waals surface area contributed by atoms with Crippen molar-refractivity contribution in [3.8, 4) is 11.5 Å². The lowest BCUT2D eigenvalue weighted by molar-refractivity contribution is -0.385. The van der Waals surface area contributed by atoms with Gasteiger partial charge in [0, 0.05) is 35.4 Å². The van der Waals surface area contributed by atoms with Crippen molar-refractivity contribution in [2.45, 2.75) is 6.92 Å². The number of amides is 2. The van der Waals surface area contributed by atoms with E-state index in [1.807, 2.05) is 0 Å². The number of aromatic hydroxyl groups is 2. The second-order valence-corrected chi connectivity index (χ2v) is 7.48. The summed E-state index contributed by atoms with van der Waals surface area (Å²) in [5.74, 6) is -2.85. The molecule has 13 nitrogen and oxygen atoms in total. The van der Waals surface area contributed by atoms with E-state index in [2.05, 4.69) is 15.8 Å². The number of nitrogens with one attached hydrogen (secondary N) is 2. The minimum atomic E-state index is -0.928. The number of hydrogen-bond donors (Lipinski definition) is 4. The molecule has 0 fully saturated rings. The Morgan fingerprint density at radius 3 is 2.27 bits per heavy atom. The van der Waals surface area contributed by atoms with Gasteiger partial charge < -0.3 is 15.5 Å². The largest absolute Gasteiger partial charge is 0.507 e. The van der Waals surface area contributed by atoms with Crippen LogP contribution in [0.25, 0.3) is 6.08 Å². The average Bonchev–Trinajstić information content (AvgIpc) is 2.87. The fourth-order valence-corrected chi connectivity index (χ4v) is 3.09. The number of carbonyl (C=O) groups excluding carboxylic acids is 2. The van der Waals surface area contributed by atoms with Crippen molar-refractivity contribution in [3.63, 3.8) is 0 Å². The number of carbonyl (C=O) groups is 2. The molecule has 3 aromatic carbocycles. The molecule has 0 aliphatic heterocycles. The lowest BCUT2D eigenvalue weighted by Gasteiger charge is -2.10. The second-order valence-electron chi connectivity index (χ2n) is 7.48. The van der Waals surface area contributed by atoms with Gasteiger partial charge in [-0.3, -0.25) is 29.8 Å². The highest BCUT2D eigenvalue weighted by Crippen LogP contribution is 2.33. The van der Waals surface area contributed by atoms with E-state index in [4.69, 9.17) is 0 Å². The molecule has 0 aliphatic carbocycles. The van der Waals surface area contributed by atoms with E-state index in [0.717, 1.165) is 12.1 Å². The SMILES string of the molecule is CC(=NNC(=O)C(=Cc1cccc([N+](=O)[O-])c1)NC(=O)c1ccccc1)c1cc([N+](=O)[O-])c(O)cc1O. The van der Waals surface area contributed by atoms with Crippen molar-refractivity contribution in [2.24, 2.45) is 5.10 Å². The third-order valence-corrected chi connectivity index (χ3v) is 4.93. The van der Waals surface area contributed by atoms with Crippen LogP contribution in [0.3, 0.4) is 0 Å². The minimum Gasteiger partial charge on any atom is -0.507 e. The van der Waals surface area contributed by atoms with Gasteiger partial charge in [-0.1, -0.05) is 30.3 Å². The van der Waals surface area contributed by atoms with Gasteiger partial charge >= 0.3 is 5.69 Å². The molecule has 3 aromatic rings. The van der Waals surface area contributed by atoms with E-state index in [1.165, 1.54) is 49.4 Å². The summed E-state index contributed by atoms with van der Waals surface area (Å²) in [6.45, 7) is 1.34. The van der Waals surface area contributed by atoms with Gasteiger partial charge in [0.1, 0.15) is 11.4 Å². The van der Waals surface area contributed by atoms with Gasteiger partial charge in [-0.05, 0) is 30.7 Å². The van der Waals surface area contributed by atoms with Gasteiger partial charge in [-0.15, -0.1) is 0 Å². The summed E-state index contributed by atoms with van der Waals surface area (Å²) < 4.78 is 0. The van der Waals surface area contributed by atoms with Crippen LogP contribution in [0.15, 0.2) is 77.5 Å². The molecule has 0 saturated carbocycles. The number of phenols is 2. The highest BCUT2D eigenvalue weighted by Gasteiger charge is 2.20. The first kappa shape index (κ1) is 26.0. The maximum Gasteiger partial charge on any atom is 0.311 e. The zero-order valence-electron chi connectivity index (χ0n) is 19.1. The van der Waals surface area contributed by atoms with Crippen molar-refractivity contribution < 1.29 is 29.6 Å². The summed E-state index contributed by atoms with van der Waals surface area (Å²) in [7, 11) is 0. The van der Waals surface area contributed by atoms with Crippen LogP contribution < -0.4 is 10.7 Å². The molecule has 0 bridgehead atoms.